The van der Waals surface area contributed by atoms with Gasteiger partial charge < -0.3 is 34.9 Å². The van der Waals surface area contributed by atoms with Crippen molar-refractivity contribution in [1.82, 2.24) is 5.32 Å². The fourth-order valence-electron chi connectivity index (χ4n) is 2.75. The second kappa shape index (κ2) is 11.7. The molecule has 0 aliphatic heterocycles. The average molecular weight is 431 g/mol. The number of rotatable bonds is 9. The Hall–Kier alpha value is -3.40. The van der Waals surface area contributed by atoms with Gasteiger partial charge in [0.05, 0.1) is 12.5 Å². The molecule has 0 aliphatic rings. The van der Waals surface area contributed by atoms with E-state index in [1.165, 1.54) is 5.39 Å². The van der Waals surface area contributed by atoms with E-state index in [0.29, 0.717) is 0 Å². The summed E-state index contributed by atoms with van der Waals surface area (Å²) in [5, 5.41) is 38.0. The number of furan rings is 1. The molecule has 2 aromatic carbocycles. The monoisotopic (exact) mass is 431 g/mol. The van der Waals surface area contributed by atoms with Gasteiger partial charge in [-0.25, -0.2) is 9.59 Å². The molecule has 1 aromatic heterocycles. The minimum absolute atomic E-state index is 0.0120. The third-order valence-corrected chi connectivity index (χ3v) is 4.40. The van der Waals surface area contributed by atoms with Gasteiger partial charge in [0.1, 0.15) is 11.9 Å². The highest BCUT2D eigenvalue weighted by Gasteiger charge is 2.29. The molecule has 0 amide bonds. The molecule has 1 heterocycles. The van der Waals surface area contributed by atoms with Crippen LogP contribution in [0.15, 0.2) is 65.5 Å². The Bertz CT molecular complexity index is 949. The van der Waals surface area contributed by atoms with Gasteiger partial charge in [0.2, 0.25) is 0 Å². The summed E-state index contributed by atoms with van der Waals surface area (Å²) in [6, 6.07) is 16.4. The summed E-state index contributed by atoms with van der Waals surface area (Å²) in [6.07, 6.45) is -0.212. The fraction of sp³-hybridized carbons (Fsp3) is 0.273. The number of benzene rings is 2. The van der Waals surface area contributed by atoms with Crippen molar-refractivity contribution in [3.63, 3.8) is 0 Å². The zero-order valence-electron chi connectivity index (χ0n) is 16.8. The molecule has 31 heavy (non-hydrogen) atoms. The van der Waals surface area contributed by atoms with Crippen molar-refractivity contribution in [1.29, 1.82) is 0 Å². The zero-order valence-corrected chi connectivity index (χ0v) is 16.8. The highest BCUT2D eigenvalue weighted by Crippen LogP contribution is 2.31. The molecule has 5 N–H and O–H groups in total. The van der Waals surface area contributed by atoms with Crippen LogP contribution in [0, 0.1) is 0 Å². The first-order chi connectivity index (χ1) is 14.8. The summed E-state index contributed by atoms with van der Waals surface area (Å²) in [5.41, 5.74) is 1.07. The Kier molecular flexibility index (Phi) is 9.01. The maximum absolute atomic E-state index is 9.77. The van der Waals surface area contributed by atoms with Crippen LogP contribution in [-0.2, 0) is 9.59 Å². The van der Waals surface area contributed by atoms with Gasteiger partial charge in [-0.3, -0.25) is 0 Å². The molecule has 3 rings (SSSR count). The van der Waals surface area contributed by atoms with Gasteiger partial charge in [-0.15, -0.1) is 0 Å². The topological polar surface area (TPSA) is 149 Å². The molecule has 3 atom stereocenters. The van der Waals surface area contributed by atoms with Crippen molar-refractivity contribution in [3.8, 4) is 5.75 Å². The van der Waals surface area contributed by atoms with E-state index in [9.17, 15) is 9.59 Å². The largest absolute Gasteiger partial charge is 0.485 e. The predicted octanol–water partition coefficient (Wildman–Crippen LogP) is 2.04. The lowest BCUT2D eigenvalue weighted by Gasteiger charge is -2.19. The fourth-order valence-corrected chi connectivity index (χ4v) is 2.75. The number of ether oxygens (including phenoxy) is 1. The van der Waals surface area contributed by atoms with Gasteiger partial charge in [0, 0.05) is 17.4 Å². The number of aliphatic carboxylic acids is 2. The molecule has 9 nitrogen and oxygen atoms in total. The Labute approximate surface area is 178 Å². The van der Waals surface area contributed by atoms with Crippen LogP contribution in [0.1, 0.15) is 18.1 Å². The lowest BCUT2D eigenvalue weighted by Crippen LogP contribution is -2.39. The first-order valence-electron chi connectivity index (χ1n) is 9.48. The Morgan fingerprint density at radius 3 is 2.23 bits per heavy atom. The van der Waals surface area contributed by atoms with Crippen molar-refractivity contribution in [2.45, 2.75) is 24.7 Å². The minimum Gasteiger partial charge on any atom is -0.485 e. The van der Waals surface area contributed by atoms with Crippen LogP contribution in [0.25, 0.3) is 10.8 Å². The minimum atomic E-state index is -2.27. The van der Waals surface area contributed by atoms with Gasteiger partial charge >= 0.3 is 11.9 Å². The lowest BCUT2D eigenvalue weighted by atomic mass is 10.1. The number of aliphatic hydroxyl groups excluding tert-OH is 2. The maximum atomic E-state index is 9.77. The number of carbonyl (C=O) groups is 2. The van der Waals surface area contributed by atoms with E-state index < -0.39 is 24.1 Å². The van der Waals surface area contributed by atoms with Gasteiger partial charge in [0.15, 0.2) is 12.2 Å². The molecule has 0 radical (unpaired) electrons. The molecule has 0 spiro atoms. The lowest BCUT2D eigenvalue weighted by molar-refractivity contribution is -0.165. The highest BCUT2D eigenvalue weighted by molar-refractivity contribution is 5.88. The molecule has 0 fully saturated rings. The molecule has 0 aliphatic carbocycles. The predicted molar refractivity (Wildman–Crippen MR) is 112 cm³/mol. The van der Waals surface area contributed by atoms with E-state index in [2.05, 4.69) is 23.5 Å². The van der Waals surface area contributed by atoms with Crippen molar-refractivity contribution < 1.29 is 39.2 Å². The van der Waals surface area contributed by atoms with E-state index >= 15 is 0 Å². The summed E-state index contributed by atoms with van der Waals surface area (Å²) in [7, 11) is 1.95. The van der Waals surface area contributed by atoms with E-state index in [1.54, 1.807) is 12.5 Å². The SMILES string of the molecule is CNCCC(Oc1cccc2ccccc12)c1ccoc1.O=C(O)C(O)C(O)C(=O)O. The second-order valence-electron chi connectivity index (χ2n) is 6.60. The molecule has 0 bridgehead atoms. The second-order valence-corrected chi connectivity index (χ2v) is 6.60. The molecule has 3 unspecified atom stereocenters. The smallest absolute Gasteiger partial charge is 0.335 e. The Balaban J connectivity index is 0.000000291. The van der Waals surface area contributed by atoms with E-state index in [0.717, 1.165) is 29.7 Å². The maximum Gasteiger partial charge on any atom is 0.335 e. The summed E-state index contributed by atoms with van der Waals surface area (Å²) in [6.45, 7) is 0.889. The van der Waals surface area contributed by atoms with Crippen molar-refractivity contribution in [3.05, 3.63) is 66.6 Å². The highest BCUT2D eigenvalue weighted by atomic mass is 16.5. The van der Waals surface area contributed by atoms with Crippen molar-refractivity contribution >= 4 is 22.7 Å². The van der Waals surface area contributed by atoms with E-state index in [1.807, 2.05) is 37.4 Å². The first kappa shape index (κ1) is 23.9. The van der Waals surface area contributed by atoms with Crippen LogP contribution in [0.5, 0.6) is 5.75 Å². The quantitative estimate of drug-likeness (QED) is 0.343. The summed E-state index contributed by atoms with van der Waals surface area (Å²) in [5.74, 6) is -2.62. The van der Waals surface area contributed by atoms with Gasteiger partial charge in [-0.1, -0.05) is 36.4 Å². The van der Waals surface area contributed by atoms with Crippen LogP contribution in [0.2, 0.25) is 0 Å². The summed E-state index contributed by atoms with van der Waals surface area (Å²) < 4.78 is 11.5. The average Bonchev–Trinajstić information content (AvgIpc) is 3.30. The van der Waals surface area contributed by atoms with Gasteiger partial charge in [0.25, 0.3) is 0 Å². The Morgan fingerprint density at radius 1 is 1.00 bits per heavy atom. The molecular formula is C22H25NO8. The van der Waals surface area contributed by atoms with Crippen LogP contribution >= 0.6 is 0 Å². The van der Waals surface area contributed by atoms with Gasteiger partial charge in [-0.05, 0) is 31.1 Å². The summed E-state index contributed by atoms with van der Waals surface area (Å²) >= 11 is 0. The molecule has 3 aromatic rings. The van der Waals surface area contributed by atoms with E-state index in [-0.39, 0.29) is 6.10 Å². The van der Waals surface area contributed by atoms with Crippen LogP contribution in [-0.4, -0.2) is 58.2 Å². The standard InChI is InChI=1S/C18H19NO2.C4H6O6/c1-19-11-9-17(15-10-12-20-13-15)21-18-8-4-6-14-5-2-3-7-16(14)18;5-1(3(7)8)2(6)4(9)10/h2-8,10,12-13,17,19H,9,11H2,1H3;1-2,5-6H,(H,7,8)(H,9,10). The third-order valence-electron chi connectivity index (χ3n) is 4.40. The molecule has 0 saturated heterocycles. The molecule has 9 heteroatoms. The number of aliphatic hydroxyl groups is 2. The first-order valence-corrected chi connectivity index (χ1v) is 9.48. The normalized spacial score (nSPS) is 13.5. The van der Waals surface area contributed by atoms with Crippen LogP contribution < -0.4 is 10.1 Å². The molecular weight excluding hydrogens is 406 g/mol. The van der Waals surface area contributed by atoms with Crippen molar-refractivity contribution in [2.75, 3.05) is 13.6 Å². The number of hydrogen-bond acceptors (Lipinski definition) is 7. The number of fused-ring (bicyclic) bond motifs is 1. The van der Waals surface area contributed by atoms with Crippen LogP contribution in [0.3, 0.4) is 0 Å². The van der Waals surface area contributed by atoms with Crippen LogP contribution in [0.4, 0.5) is 0 Å². The third kappa shape index (κ3) is 6.82. The zero-order chi connectivity index (χ0) is 22.8. The Morgan fingerprint density at radius 2 is 1.65 bits per heavy atom. The number of hydrogen-bond donors (Lipinski definition) is 5. The number of carboxylic acids is 2. The molecule has 0 saturated carbocycles. The van der Waals surface area contributed by atoms with Crippen molar-refractivity contribution in [2.24, 2.45) is 0 Å². The summed E-state index contributed by atoms with van der Waals surface area (Å²) in [4.78, 5) is 19.5. The van der Waals surface area contributed by atoms with Gasteiger partial charge in [-0.2, -0.15) is 0 Å². The number of carboxylic acid groups (broad SMARTS) is 2. The van der Waals surface area contributed by atoms with E-state index in [4.69, 9.17) is 29.6 Å². The molecule has 166 valence electrons. The number of nitrogens with one attached hydrogen (secondary N) is 1.